The number of para-hydroxylation sites is 1. The molecule has 3 N–H and O–H groups in total. The lowest BCUT2D eigenvalue weighted by molar-refractivity contribution is 0.0949. The van der Waals surface area contributed by atoms with E-state index in [-0.39, 0.29) is 11.9 Å². The summed E-state index contributed by atoms with van der Waals surface area (Å²) in [5.41, 5.74) is 3.81. The van der Waals surface area contributed by atoms with Gasteiger partial charge in [0.2, 0.25) is 0 Å². The van der Waals surface area contributed by atoms with Crippen molar-refractivity contribution in [2.45, 2.75) is 26.3 Å². The van der Waals surface area contributed by atoms with Crippen molar-refractivity contribution in [3.8, 4) is 0 Å². The zero-order chi connectivity index (χ0) is 20.9. The number of aryl methyl sites for hydroxylation is 1. The number of nitrogens with zero attached hydrogens (tertiary/aromatic N) is 2. The summed E-state index contributed by atoms with van der Waals surface area (Å²) in [5.74, 6) is 0.999. The monoisotopic (exact) mass is 399 g/mol. The second kappa shape index (κ2) is 8.78. The van der Waals surface area contributed by atoms with Crippen molar-refractivity contribution in [2.24, 2.45) is 0 Å². The van der Waals surface area contributed by atoms with Crippen LogP contribution >= 0.6 is 0 Å². The lowest BCUT2D eigenvalue weighted by Gasteiger charge is -2.16. The Morgan fingerprint density at radius 2 is 1.83 bits per heavy atom. The molecule has 30 heavy (non-hydrogen) atoms. The van der Waals surface area contributed by atoms with Crippen LogP contribution < -0.4 is 10.6 Å². The van der Waals surface area contributed by atoms with Crippen LogP contribution in [0, 0.1) is 6.92 Å². The van der Waals surface area contributed by atoms with Gasteiger partial charge < -0.3 is 15.6 Å². The highest BCUT2D eigenvalue weighted by atomic mass is 16.1. The Morgan fingerprint density at radius 1 is 1.07 bits per heavy atom. The average Bonchev–Trinajstić information content (AvgIpc) is 3.17. The molecule has 0 fully saturated rings. The Hall–Kier alpha value is -3.67. The zero-order valence-corrected chi connectivity index (χ0v) is 17.1. The molecule has 6 nitrogen and oxygen atoms in total. The quantitative estimate of drug-likeness (QED) is 0.430. The maximum absolute atomic E-state index is 12.7. The van der Waals surface area contributed by atoms with Crippen molar-refractivity contribution in [1.29, 1.82) is 0 Å². The van der Waals surface area contributed by atoms with Gasteiger partial charge in [0.15, 0.2) is 0 Å². The van der Waals surface area contributed by atoms with Gasteiger partial charge in [-0.25, -0.2) is 9.97 Å². The van der Waals surface area contributed by atoms with Crippen LogP contribution in [-0.4, -0.2) is 27.4 Å². The van der Waals surface area contributed by atoms with Crippen LogP contribution in [0.15, 0.2) is 66.9 Å². The summed E-state index contributed by atoms with van der Waals surface area (Å²) in [4.78, 5) is 24.7. The molecule has 0 saturated heterocycles. The zero-order valence-electron chi connectivity index (χ0n) is 17.1. The van der Waals surface area contributed by atoms with Gasteiger partial charge >= 0.3 is 0 Å². The van der Waals surface area contributed by atoms with Gasteiger partial charge in [-0.3, -0.25) is 4.79 Å². The van der Waals surface area contributed by atoms with Gasteiger partial charge in [-0.05, 0) is 37.5 Å². The Bertz CT molecular complexity index is 1150. The summed E-state index contributed by atoms with van der Waals surface area (Å²) in [6.45, 7) is 4.39. The molecule has 1 atom stereocenters. The summed E-state index contributed by atoms with van der Waals surface area (Å²) < 4.78 is 0. The molecule has 4 rings (SSSR count). The van der Waals surface area contributed by atoms with Crippen molar-refractivity contribution in [3.05, 3.63) is 89.5 Å². The average molecular weight is 399 g/mol. The smallest absolute Gasteiger partial charge is 0.270 e. The van der Waals surface area contributed by atoms with Gasteiger partial charge in [0, 0.05) is 35.8 Å². The summed E-state index contributed by atoms with van der Waals surface area (Å²) in [7, 11) is 0. The van der Waals surface area contributed by atoms with E-state index in [4.69, 9.17) is 0 Å². The first-order chi connectivity index (χ1) is 14.6. The van der Waals surface area contributed by atoms with E-state index in [0.717, 1.165) is 17.5 Å². The molecule has 0 aliphatic rings. The molecule has 0 aliphatic heterocycles. The fourth-order valence-electron chi connectivity index (χ4n) is 3.54. The van der Waals surface area contributed by atoms with E-state index in [1.165, 1.54) is 10.9 Å². The Labute approximate surface area is 175 Å². The van der Waals surface area contributed by atoms with Crippen molar-refractivity contribution in [2.75, 3.05) is 11.9 Å². The van der Waals surface area contributed by atoms with Crippen molar-refractivity contribution in [1.82, 2.24) is 20.3 Å². The van der Waals surface area contributed by atoms with E-state index < -0.39 is 0 Å². The normalized spacial score (nSPS) is 11.9. The maximum Gasteiger partial charge on any atom is 0.270 e. The number of aromatic amines is 1. The van der Waals surface area contributed by atoms with E-state index in [9.17, 15) is 4.79 Å². The molecular weight excluding hydrogens is 374 g/mol. The number of hydrogen-bond donors (Lipinski definition) is 3. The largest absolute Gasteiger partial charge is 0.363 e. The minimum absolute atomic E-state index is 0.0679. The van der Waals surface area contributed by atoms with Crippen LogP contribution in [0.4, 0.5) is 5.82 Å². The topological polar surface area (TPSA) is 82.7 Å². The first-order valence-corrected chi connectivity index (χ1v) is 10.1. The van der Waals surface area contributed by atoms with E-state index in [1.54, 1.807) is 13.0 Å². The molecule has 1 unspecified atom stereocenters. The Morgan fingerprint density at radius 3 is 2.67 bits per heavy atom. The summed E-state index contributed by atoms with van der Waals surface area (Å²) >= 11 is 0. The standard InChI is InChI=1S/C24H25N5O/c1-16(18-8-4-3-5-9-18)27-23-14-22(28-17(2)29-23)24(30)25-13-12-19-15-26-21-11-7-6-10-20(19)21/h3-11,14-16,26H,12-13H2,1-2H3,(H,25,30)(H,27,28,29). The minimum Gasteiger partial charge on any atom is -0.363 e. The van der Waals surface area contributed by atoms with Crippen molar-refractivity contribution in [3.63, 3.8) is 0 Å². The summed E-state index contributed by atoms with van der Waals surface area (Å²) in [5, 5.41) is 7.51. The van der Waals surface area contributed by atoms with Gasteiger partial charge in [-0.1, -0.05) is 48.5 Å². The third-order valence-electron chi connectivity index (χ3n) is 5.09. The number of aromatic nitrogens is 3. The van der Waals surface area contributed by atoms with E-state index in [0.29, 0.717) is 23.9 Å². The number of rotatable bonds is 7. The van der Waals surface area contributed by atoms with Crippen molar-refractivity contribution >= 4 is 22.6 Å². The number of H-pyrrole nitrogens is 1. The van der Waals surface area contributed by atoms with Crippen LogP contribution in [-0.2, 0) is 6.42 Å². The highest BCUT2D eigenvalue weighted by Crippen LogP contribution is 2.19. The third kappa shape index (κ3) is 4.49. The van der Waals surface area contributed by atoms with Crippen LogP contribution in [0.3, 0.4) is 0 Å². The highest BCUT2D eigenvalue weighted by molar-refractivity contribution is 5.93. The van der Waals surface area contributed by atoms with Gasteiger partial charge in [0.1, 0.15) is 17.3 Å². The lowest BCUT2D eigenvalue weighted by Crippen LogP contribution is -2.27. The Balaban J connectivity index is 1.40. The number of anilines is 1. The maximum atomic E-state index is 12.7. The summed E-state index contributed by atoms with van der Waals surface area (Å²) in [6, 6.07) is 20.0. The van der Waals surface area contributed by atoms with Crippen LogP contribution in [0.25, 0.3) is 10.9 Å². The molecule has 0 spiro atoms. The molecule has 2 heterocycles. The van der Waals surface area contributed by atoms with Crippen molar-refractivity contribution < 1.29 is 4.79 Å². The Kier molecular flexibility index (Phi) is 5.75. The minimum atomic E-state index is -0.198. The van der Waals surface area contributed by atoms with Gasteiger partial charge in [-0.15, -0.1) is 0 Å². The number of fused-ring (bicyclic) bond motifs is 1. The first kappa shape index (κ1) is 19.6. The molecule has 1 amide bonds. The molecule has 0 aliphatic carbocycles. The fourth-order valence-corrected chi connectivity index (χ4v) is 3.54. The molecule has 2 aromatic carbocycles. The van der Waals surface area contributed by atoms with E-state index in [1.807, 2.05) is 42.6 Å². The van der Waals surface area contributed by atoms with E-state index in [2.05, 4.69) is 50.7 Å². The second-order valence-corrected chi connectivity index (χ2v) is 7.33. The third-order valence-corrected chi connectivity index (χ3v) is 5.09. The van der Waals surface area contributed by atoms with Crippen LogP contribution in [0.2, 0.25) is 0 Å². The molecule has 0 radical (unpaired) electrons. The molecule has 0 saturated carbocycles. The predicted octanol–water partition coefficient (Wildman–Crippen LogP) is 4.41. The number of carbonyl (C=O) groups excluding carboxylic acids is 1. The number of nitrogens with one attached hydrogen (secondary N) is 3. The lowest BCUT2D eigenvalue weighted by atomic mass is 10.1. The van der Waals surface area contributed by atoms with Crippen LogP contribution in [0.5, 0.6) is 0 Å². The van der Waals surface area contributed by atoms with Gasteiger partial charge in [-0.2, -0.15) is 0 Å². The van der Waals surface area contributed by atoms with Gasteiger partial charge in [0.25, 0.3) is 5.91 Å². The first-order valence-electron chi connectivity index (χ1n) is 10.1. The molecule has 4 aromatic rings. The molecule has 2 aromatic heterocycles. The van der Waals surface area contributed by atoms with E-state index >= 15 is 0 Å². The summed E-state index contributed by atoms with van der Waals surface area (Å²) in [6.07, 6.45) is 2.74. The number of hydrogen-bond acceptors (Lipinski definition) is 4. The predicted molar refractivity (Wildman–Crippen MR) is 120 cm³/mol. The highest BCUT2D eigenvalue weighted by Gasteiger charge is 2.13. The number of amides is 1. The SMILES string of the molecule is Cc1nc(NC(C)c2ccccc2)cc(C(=O)NCCc2c[nH]c3ccccc23)n1. The molecule has 0 bridgehead atoms. The fraction of sp³-hybridized carbons (Fsp3) is 0.208. The molecule has 152 valence electrons. The van der Waals surface area contributed by atoms with Gasteiger partial charge in [0.05, 0.1) is 0 Å². The number of benzene rings is 2. The van der Waals surface area contributed by atoms with Crippen LogP contribution in [0.1, 0.15) is 40.4 Å². The number of carbonyl (C=O) groups is 1. The second-order valence-electron chi connectivity index (χ2n) is 7.33. The molecular formula is C24H25N5O. The molecule has 6 heteroatoms.